The minimum absolute atomic E-state index is 0.440. The van der Waals surface area contributed by atoms with E-state index in [4.69, 9.17) is 0 Å². The molecular formula is C19H27NS. The lowest BCUT2D eigenvalue weighted by molar-refractivity contribution is 0.535. The van der Waals surface area contributed by atoms with Crippen LogP contribution in [-0.4, -0.2) is 6.54 Å². The van der Waals surface area contributed by atoms with Gasteiger partial charge in [0, 0.05) is 10.9 Å². The first kappa shape index (κ1) is 16.3. The first-order chi connectivity index (χ1) is 10.1. The predicted molar refractivity (Wildman–Crippen MR) is 94.3 cm³/mol. The van der Waals surface area contributed by atoms with Crippen LogP contribution < -0.4 is 5.32 Å². The summed E-state index contributed by atoms with van der Waals surface area (Å²) in [6.07, 6.45) is 2.24. The van der Waals surface area contributed by atoms with Crippen molar-refractivity contribution in [2.24, 2.45) is 0 Å². The highest BCUT2D eigenvalue weighted by Gasteiger charge is 2.15. The molecule has 0 amide bonds. The van der Waals surface area contributed by atoms with Crippen molar-refractivity contribution in [1.82, 2.24) is 5.32 Å². The zero-order chi connectivity index (χ0) is 15.2. The molecule has 1 nitrogen and oxygen atoms in total. The van der Waals surface area contributed by atoms with Crippen LogP contribution >= 0.6 is 11.3 Å². The van der Waals surface area contributed by atoms with Gasteiger partial charge in [-0.25, -0.2) is 0 Å². The van der Waals surface area contributed by atoms with Crippen molar-refractivity contribution in [2.75, 3.05) is 6.54 Å². The van der Waals surface area contributed by atoms with Crippen molar-refractivity contribution in [1.29, 1.82) is 0 Å². The van der Waals surface area contributed by atoms with Gasteiger partial charge in [0.25, 0.3) is 0 Å². The van der Waals surface area contributed by atoms with Gasteiger partial charge >= 0.3 is 0 Å². The fraction of sp³-hybridized carbons (Fsp3) is 0.474. The van der Waals surface area contributed by atoms with Crippen molar-refractivity contribution in [3.8, 4) is 0 Å². The summed E-state index contributed by atoms with van der Waals surface area (Å²) in [5.41, 5.74) is 4.25. The van der Waals surface area contributed by atoms with Crippen molar-refractivity contribution >= 4 is 11.3 Å². The topological polar surface area (TPSA) is 12.0 Å². The molecule has 1 atom stereocenters. The minimum atomic E-state index is 0.440. The van der Waals surface area contributed by atoms with Gasteiger partial charge in [0.15, 0.2) is 0 Å². The maximum atomic E-state index is 3.71. The SMILES string of the molecule is CCCNC(Cc1ccc(C(C)C)cc1)c1sccc1C. The average Bonchev–Trinajstić information content (AvgIpc) is 2.90. The first-order valence-corrected chi connectivity index (χ1v) is 8.86. The van der Waals surface area contributed by atoms with Crippen molar-refractivity contribution in [3.05, 3.63) is 57.3 Å². The highest BCUT2D eigenvalue weighted by molar-refractivity contribution is 7.10. The van der Waals surface area contributed by atoms with Gasteiger partial charge in [-0.1, -0.05) is 45.0 Å². The molecule has 0 saturated heterocycles. The molecule has 0 fully saturated rings. The van der Waals surface area contributed by atoms with Crippen molar-refractivity contribution < 1.29 is 0 Å². The highest BCUT2D eigenvalue weighted by Crippen LogP contribution is 2.27. The van der Waals surface area contributed by atoms with Gasteiger partial charge in [0.1, 0.15) is 0 Å². The molecule has 2 aromatic rings. The van der Waals surface area contributed by atoms with Crippen molar-refractivity contribution in [2.45, 2.75) is 52.5 Å². The number of hydrogen-bond donors (Lipinski definition) is 1. The van der Waals surface area contributed by atoms with Gasteiger partial charge in [-0.2, -0.15) is 0 Å². The van der Waals surface area contributed by atoms with Gasteiger partial charge in [-0.05, 0) is 60.4 Å². The normalized spacial score (nSPS) is 12.8. The summed E-state index contributed by atoms with van der Waals surface area (Å²) in [7, 11) is 0. The molecule has 0 radical (unpaired) electrons. The summed E-state index contributed by atoms with van der Waals surface area (Å²) in [5.74, 6) is 0.604. The van der Waals surface area contributed by atoms with Crippen molar-refractivity contribution in [3.63, 3.8) is 0 Å². The number of aryl methyl sites for hydroxylation is 1. The summed E-state index contributed by atoms with van der Waals surface area (Å²) in [5, 5.41) is 5.91. The van der Waals surface area contributed by atoms with E-state index >= 15 is 0 Å². The largest absolute Gasteiger partial charge is 0.309 e. The number of nitrogens with one attached hydrogen (secondary N) is 1. The van der Waals surface area contributed by atoms with Crippen LogP contribution in [0.15, 0.2) is 35.7 Å². The van der Waals surface area contributed by atoms with E-state index in [9.17, 15) is 0 Å². The molecule has 114 valence electrons. The van der Waals surface area contributed by atoms with Gasteiger partial charge in [0.05, 0.1) is 0 Å². The number of rotatable bonds is 7. The summed E-state index contributed by atoms with van der Waals surface area (Å²) < 4.78 is 0. The second kappa shape index (κ2) is 7.77. The molecule has 0 aliphatic rings. The maximum Gasteiger partial charge on any atom is 0.0458 e. The molecule has 2 heteroatoms. The van der Waals surface area contributed by atoms with E-state index in [0.29, 0.717) is 12.0 Å². The summed E-state index contributed by atoms with van der Waals surface area (Å²) in [6, 6.07) is 11.8. The van der Waals surface area contributed by atoms with E-state index in [2.05, 4.69) is 68.7 Å². The van der Waals surface area contributed by atoms with E-state index in [0.717, 1.165) is 13.0 Å². The van der Waals surface area contributed by atoms with Crippen LogP contribution in [0.5, 0.6) is 0 Å². The number of hydrogen-bond acceptors (Lipinski definition) is 2. The monoisotopic (exact) mass is 301 g/mol. The molecule has 0 spiro atoms. The Hall–Kier alpha value is -1.12. The Morgan fingerprint density at radius 3 is 2.33 bits per heavy atom. The van der Waals surface area contributed by atoms with Crippen LogP contribution in [0.1, 0.15) is 60.7 Å². The van der Waals surface area contributed by atoms with Gasteiger partial charge in [-0.3, -0.25) is 0 Å². The lowest BCUT2D eigenvalue weighted by Crippen LogP contribution is -2.23. The quantitative estimate of drug-likeness (QED) is 0.715. The molecule has 0 bridgehead atoms. The Morgan fingerprint density at radius 1 is 1.10 bits per heavy atom. The van der Waals surface area contributed by atoms with Gasteiger partial charge in [0.2, 0.25) is 0 Å². The lowest BCUT2D eigenvalue weighted by Gasteiger charge is -2.19. The molecule has 0 saturated carbocycles. The summed E-state index contributed by atoms with van der Waals surface area (Å²) in [4.78, 5) is 1.48. The second-order valence-corrected chi connectivity index (χ2v) is 7.02. The fourth-order valence-corrected chi connectivity index (χ4v) is 3.60. The highest BCUT2D eigenvalue weighted by atomic mass is 32.1. The third-order valence-electron chi connectivity index (χ3n) is 3.95. The molecular weight excluding hydrogens is 274 g/mol. The molecule has 21 heavy (non-hydrogen) atoms. The van der Waals surface area contributed by atoms with Crippen LogP contribution in [0.4, 0.5) is 0 Å². The van der Waals surface area contributed by atoms with Crippen LogP contribution in [0.25, 0.3) is 0 Å². The Kier molecular flexibility index (Phi) is 6.01. The zero-order valence-electron chi connectivity index (χ0n) is 13.6. The molecule has 1 unspecified atom stereocenters. The third-order valence-corrected chi connectivity index (χ3v) is 5.08. The third kappa shape index (κ3) is 4.42. The minimum Gasteiger partial charge on any atom is -0.309 e. The smallest absolute Gasteiger partial charge is 0.0458 e. The molecule has 0 aliphatic heterocycles. The summed E-state index contributed by atoms with van der Waals surface area (Å²) >= 11 is 1.87. The number of benzene rings is 1. The molecule has 1 heterocycles. The fourth-order valence-electron chi connectivity index (χ4n) is 2.59. The standard InChI is InChI=1S/C19H27NS/c1-5-11-20-18(19-15(4)10-12-21-19)13-16-6-8-17(9-7-16)14(2)3/h6-10,12,14,18,20H,5,11,13H2,1-4H3. The average molecular weight is 301 g/mol. The van der Waals surface area contributed by atoms with Gasteiger partial charge < -0.3 is 5.32 Å². The predicted octanol–water partition coefficient (Wildman–Crippen LogP) is 5.46. The molecule has 0 aliphatic carbocycles. The van der Waals surface area contributed by atoms with E-state index in [1.54, 1.807) is 0 Å². The summed E-state index contributed by atoms with van der Waals surface area (Å²) in [6.45, 7) is 10.0. The van der Waals surface area contributed by atoms with E-state index in [-0.39, 0.29) is 0 Å². The van der Waals surface area contributed by atoms with E-state index in [1.165, 1.54) is 28.0 Å². The Morgan fingerprint density at radius 2 is 1.81 bits per heavy atom. The molecule has 2 rings (SSSR count). The van der Waals surface area contributed by atoms with E-state index < -0.39 is 0 Å². The Labute approximate surface area is 133 Å². The maximum absolute atomic E-state index is 3.71. The molecule has 1 N–H and O–H groups in total. The zero-order valence-corrected chi connectivity index (χ0v) is 14.5. The van der Waals surface area contributed by atoms with Crippen LogP contribution in [0.3, 0.4) is 0 Å². The lowest BCUT2D eigenvalue weighted by atomic mass is 9.98. The number of thiophene rings is 1. The van der Waals surface area contributed by atoms with Crippen LogP contribution in [-0.2, 0) is 6.42 Å². The van der Waals surface area contributed by atoms with E-state index in [1.807, 2.05) is 11.3 Å². The Bertz CT molecular complexity index is 539. The molecule has 1 aromatic carbocycles. The Balaban J connectivity index is 2.13. The van der Waals surface area contributed by atoms with Crippen LogP contribution in [0.2, 0.25) is 0 Å². The van der Waals surface area contributed by atoms with Gasteiger partial charge in [-0.15, -0.1) is 11.3 Å². The second-order valence-electron chi connectivity index (χ2n) is 6.07. The first-order valence-electron chi connectivity index (χ1n) is 7.98. The van der Waals surface area contributed by atoms with Crippen LogP contribution in [0, 0.1) is 6.92 Å². The molecule has 1 aromatic heterocycles.